The number of hydrogen-bond donors (Lipinski definition) is 1. The highest BCUT2D eigenvalue weighted by Crippen LogP contribution is 2.29. The van der Waals surface area contributed by atoms with Crippen molar-refractivity contribution in [1.82, 2.24) is 9.97 Å². The molecule has 5 nitrogen and oxygen atoms in total. The van der Waals surface area contributed by atoms with E-state index in [0.29, 0.717) is 12.2 Å². The van der Waals surface area contributed by atoms with Crippen LogP contribution in [0.2, 0.25) is 0 Å². The molecule has 24 heavy (non-hydrogen) atoms. The average molecular weight is 329 g/mol. The zero-order valence-electron chi connectivity index (χ0n) is 14.6. The van der Waals surface area contributed by atoms with Gasteiger partial charge in [-0.1, -0.05) is 19.8 Å². The first-order valence-corrected chi connectivity index (χ1v) is 9.00. The quantitative estimate of drug-likeness (QED) is 0.903. The summed E-state index contributed by atoms with van der Waals surface area (Å²) >= 11 is 0. The molecule has 0 saturated carbocycles. The van der Waals surface area contributed by atoms with Crippen LogP contribution in [0.1, 0.15) is 62.4 Å². The molecule has 2 aromatic heterocycles. The highest BCUT2D eigenvalue weighted by atomic mass is 16.4. The van der Waals surface area contributed by atoms with Gasteiger partial charge in [0.1, 0.15) is 23.5 Å². The number of aromatic nitrogens is 2. The molecule has 0 amide bonds. The Labute approximate surface area is 143 Å². The van der Waals surface area contributed by atoms with Crippen molar-refractivity contribution in [2.24, 2.45) is 0 Å². The Bertz CT molecular complexity index is 642. The maximum Gasteiger partial charge on any atom is 0.132 e. The number of nitrogens with zero attached hydrogens (tertiary/aromatic N) is 3. The van der Waals surface area contributed by atoms with Crippen molar-refractivity contribution >= 4 is 5.82 Å². The van der Waals surface area contributed by atoms with E-state index in [1.54, 1.807) is 6.26 Å². The number of aliphatic hydroxyl groups is 1. The lowest BCUT2D eigenvalue weighted by Crippen LogP contribution is -2.37. The molecule has 1 saturated heterocycles. The van der Waals surface area contributed by atoms with Crippen molar-refractivity contribution in [3.63, 3.8) is 0 Å². The lowest BCUT2D eigenvalue weighted by molar-refractivity contribution is 0.129. The second-order valence-electron chi connectivity index (χ2n) is 6.58. The monoisotopic (exact) mass is 329 g/mol. The lowest BCUT2D eigenvalue weighted by Gasteiger charge is -2.32. The fourth-order valence-electron chi connectivity index (χ4n) is 3.52. The minimum absolute atomic E-state index is 0.270. The Kier molecular flexibility index (Phi) is 5.51. The van der Waals surface area contributed by atoms with Crippen LogP contribution < -0.4 is 4.90 Å². The van der Waals surface area contributed by atoms with E-state index in [1.807, 2.05) is 19.1 Å². The first-order chi connectivity index (χ1) is 11.7. The standard InChI is InChI=1S/C19H27N3O2/c1-3-15-12-19(21-14(2)20-15)22-10-6-4-5-8-16(22)13-17(23)18-9-7-11-24-18/h7,9,11-12,16-17,23H,3-6,8,10,13H2,1-2H3. The van der Waals surface area contributed by atoms with Crippen LogP contribution in [0.25, 0.3) is 0 Å². The predicted octanol–water partition coefficient (Wildman–Crippen LogP) is 3.81. The van der Waals surface area contributed by atoms with Gasteiger partial charge < -0.3 is 14.4 Å². The number of hydrogen-bond acceptors (Lipinski definition) is 5. The Hall–Kier alpha value is -1.88. The van der Waals surface area contributed by atoms with Gasteiger partial charge in [0, 0.05) is 30.8 Å². The van der Waals surface area contributed by atoms with Gasteiger partial charge in [-0.25, -0.2) is 9.97 Å². The Morgan fingerprint density at radius 1 is 1.33 bits per heavy atom. The minimum atomic E-state index is -0.570. The molecule has 2 atom stereocenters. The molecule has 0 bridgehead atoms. The number of anilines is 1. The molecule has 2 unspecified atom stereocenters. The van der Waals surface area contributed by atoms with Gasteiger partial charge in [-0.2, -0.15) is 0 Å². The SMILES string of the molecule is CCc1cc(N2CCCCCC2CC(O)c2ccco2)nc(C)n1. The smallest absolute Gasteiger partial charge is 0.132 e. The third kappa shape index (κ3) is 3.96. The summed E-state index contributed by atoms with van der Waals surface area (Å²) in [5, 5.41) is 10.5. The van der Waals surface area contributed by atoms with Gasteiger partial charge in [0.05, 0.1) is 6.26 Å². The molecule has 0 aliphatic carbocycles. The summed E-state index contributed by atoms with van der Waals surface area (Å²) in [6.07, 6.45) is 7.28. The van der Waals surface area contributed by atoms with E-state index < -0.39 is 6.10 Å². The Balaban J connectivity index is 1.83. The first-order valence-electron chi connectivity index (χ1n) is 9.00. The summed E-state index contributed by atoms with van der Waals surface area (Å²) in [6.45, 7) is 5.05. The van der Waals surface area contributed by atoms with Crippen LogP contribution in [-0.4, -0.2) is 27.7 Å². The lowest BCUT2D eigenvalue weighted by atomic mass is 10.0. The van der Waals surface area contributed by atoms with Crippen LogP contribution in [0.5, 0.6) is 0 Å². The predicted molar refractivity (Wildman–Crippen MR) is 94.0 cm³/mol. The molecule has 3 rings (SSSR count). The Morgan fingerprint density at radius 2 is 2.21 bits per heavy atom. The van der Waals surface area contributed by atoms with Crippen LogP contribution in [0.4, 0.5) is 5.82 Å². The van der Waals surface area contributed by atoms with E-state index in [4.69, 9.17) is 4.42 Å². The fraction of sp³-hybridized carbons (Fsp3) is 0.579. The normalized spacial score (nSPS) is 20.0. The number of furan rings is 1. The van der Waals surface area contributed by atoms with Gasteiger partial charge in [-0.15, -0.1) is 0 Å². The van der Waals surface area contributed by atoms with Crippen molar-refractivity contribution in [1.29, 1.82) is 0 Å². The molecule has 3 heterocycles. The molecule has 1 aliphatic heterocycles. The number of aryl methyl sites for hydroxylation is 2. The third-order valence-corrected chi connectivity index (χ3v) is 4.78. The van der Waals surface area contributed by atoms with Gasteiger partial charge in [-0.05, 0) is 38.3 Å². The summed E-state index contributed by atoms with van der Waals surface area (Å²) in [5.74, 6) is 2.46. The van der Waals surface area contributed by atoms with Crippen LogP contribution in [0.3, 0.4) is 0 Å². The van der Waals surface area contributed by atoms with E-state index in [0.717, 1.165) is 43.1 Å². The summed E-state index contributed by atoms with van der Waals surface area (Å²) in [5.41, 5.74) is 1.08. The van der Waals surface area contributed by atoms with Crippen LogP contribution >= 0.6 is 0 Å². The molecule has 1 N–H and O–H groups in total. The van der Waals surface area contributed by atoms with Crippen LogP contribution in [0, 0.1) is 6.92 Å². The van der Waals surface area contributed by atoms with Crippen molar-refractivity contribution in [2.75, 3.05) is 11.4 Å². The second-order valence-corrected chi connectivity index (χ2v) is 6.58. The van der Waals surface area contributed by atoms with Crippen molar-refractivity contribution < 1.29 is 9.52 Å². The molecule has 0 aromatic carbocycles. The molecule has 1 fully saturated rings. The zero-order chi connectivity index (χ0) is 16.9. The van der Waals surface area contributed by atoms with Crippen LogP contribution in [-0.2, 0) is 6.42 Å². The van der Waals surface area contributed by atoms with Gasteiger partial charge >= 0.3 is 0 Å². The highest BCUT2D eigenvalue weighted by Gasteiger charge is 2.26. The minimum Gasteiger partial charge on any atom is -0.467 e. The molecule has 0 radical (unpaired) electrons. The van der Waals surface area contributed by atoms with E-state index in [-0.39, 0.29) is 6.04 Å². The van der Waals surface area contributed by atoms with E-state index in [1.165, 1.54) is 12.8 Å². The molecular weight excluding hydrogens is 302 g/mol. The number of aliphatic hydroxyl groups excluding tert-OH is 1. The molecule has 0 spiro atoms. The number of rotatable bonds is 5. The largest absolute Gasteiger partial charge is 0.467 e. The molecule has 2 aromatic rings. The maximum atomic E-state index is 10.5. The highest BCUT2D eigenvalue weighted by molar-refractivity contribution is 5.41. The van der Waals surface area contributed by atoms with Gasteiger partial charge in [0.25, 0.3) is 0 Å². The van der Waals surface area contributed by atoms with Crippen LogP contribution in [0.15, 0.2) is 28.9 Å². The van der Waals surface area contributed by atoms with Gasteiger partial charge in [0.15, 0.2) is 0 Å². The third-order valence-electron chi connectivity index (χ3n) is 4.78. The Morgan fingerprint density at radius 3 is 2.96 bits per heavy atom. The van der Waals surface area contributed by atoms with Gasteiger partial charge in [0.2, 0.25) is 0 Å². The van der Waals surface area contributed by atoms with Crippen molar-refractivity contribution in [2.45, 2.75) is 64.5 Å². The molecule has 5 heteroatoms. The molecular formula is C19H27N3O2. The fourth-order valence-corrected chi connectivity index (χ4v) is 3.52. The van der Waals surface area contributed by atoms with Crippen molar-refractivity contribution in [3.05, 3.63) is 41.7 Å². The van der Waals surface area contributed by atoms with E-state index >= 15 is 0 Å². The summed E-state index contributed by atoms with van der Waals surface area (Å²) in [7, 11) is 0. The summed E-state index contributed by atoms with van der Waals surface area (Å²) < 4.78 is 5.37. The van der Waals surface area contributed by atoms with E-state index in [2.05, 4.69) is 27.9 Å². The zero-order valence-corrected chi connectivity index (χ0v) is 14.6. The average Bonchev–Trinajstić information content (AvgIpc) is 3.02. The van der Waals surface area contributed by atoms with E-state index in [9.17, 15) is 5.11 Å². The maximum absolute atomic E-state index is 10.5. The second kappa shape index (κ2) is 7.79. The summed E-state index contributed by atoms with van der Waals surface area (Å²) in [4.78, 5) is 11.5. The summed E-state index contributed by atoms with van der Waals surface area (Å²) in [6, 6.07) is 6.04. The molecule has 1 aliphatic rings. The topological polar surface area (TPSA) is 62.4 Å². The molecule has 130 valence electrons. The van der Waals surface area contributed by atoms with Crippen molar-refractivity contribution in [3.8, 4) is 0 Å². The first kappa shape index (κ1) is 17.0. The van der Waals surface area contributed by atoms with Gasteiger partial charge in [-0.3, -0.25) is 0 Å².